The Balaban J connectivity index is 1.70. The smallest absolute Gasteiger partial charge is 0.263 e. The van der Waals surface area contributed by atoms with Gasteiger partial charge in [0.1, 0.15) is 4.83 Å². The van der Waals surface area contributed by atoms with E-state index in [0.29, 0.717) is 6.54 Å². The molecule has 0 unspecified atom stereocenters. The molecule has 0 spiro atoms. The second-order valence-electron chi connectivity index (χ2n) is 9.46. The molecule has 2 heterocycles. The van der Waals surface area contributed by atoms with Gasteiger partial charge in [-0.15, -0.1) is 11.3 Å². The summed E-state index contributed by atoms with van der Waals surface area (Å²) in [4.78, 5) is 20.6. The number of hydrogen-bond donors (Lipinski definition) is 0. The summed E-state index contributed by atoms with van der Waals surface area (Å²) < 4.78 is 1.88. The number of thioether (sulfide) groups is 1. The first-order valence-corrected chi connectivity index (χ1v) is 12.8. The van der Waals surface area contributed by atoms with E-state index in [1.807, 2.05) is 11.5 Å². The second kappa shape index (κ2) is 8.16. The highest BCUT2D eigenvalue weighted by atomic mass is 32.2. The van der Waals surface area contributed by atoms with E-state index in [9.17, 15) is 4.79 Å². The molecule has 0 N–H and O–H groups in total. The van der Waals surface area contributed by atoms with Gasteiger partial charge < -0.3 is 0 Å². The van der Waals surface area contributed by atoms with Gasteiger partial charge in [0.05, 0.1) is 5.39 Å². The Morgan fingerprint density at radius 1 is 1.13 bits per heavy atom. The van der Waals surface area contributed by atoms with E-state index < -0.39 is 0 Å². The summed E-state index contributed by atoms with van der Waals surface area (Å²) in [5, 5.41) is 1.75. The maximum atomic E-state index is 13.3. The molecule has 5 heteroatoms. The lowest BCUT2D eigenvalue weighted by molar-refractivity contribution is 0.589. The van der Waals surface area contributed by atoms with Crippen LogP contribution in [0.4, 0.5) is 0 Å². The zero-order valence-electron chi connectivity index (χ0n) is 19.0. The molecule has 3 aromatic rings. The number of rotatable bonds is 4. The zero-order chi connectivity index (χ0) is 21.6. The third-order valence-electron chi connectivity index (χ3n) is 6.26. The molecule has 0 amide bonds. The number of hydrogen-bond acceptors (Lipinski definition) is 4. The van der Waals surface area contributed by atoms with Crippen LogP contribution in [0.5, 0.6) is 0 Å². The molecule has 2 aromatic heterocycles. The summed E-state index contributed by atoms with van der Waals surface area (Å²) in [7, 11) is 0. The maximum Gasteiger partial charge on any atom is 0.263 e. The molecule has 30 heavy (non-hydrogen) atoms. The van der Waals surface area contributed by atoms with Crippen LogP contribution in [-0.2, 0) is 30.6 Å². The number of aromatic nitrogens is 2. The summed E-state index contributed by atoms with van der Waals surface area (Å²) in [5.41, 5.74) is 6.96. The molecule has 160 valence electrons. The van der Waals surface area contributed by atoms with Crippen LogP contribution in [0.25, 0.3) is 10.2 Å². The van der Waals surface area contributed by atoms with Gasteiger partial charge >= 0.3 is 0 Å². The molecule has 4 rings (SSSR count). The first-order valence-electron chi connectivity index (χ1n) is 11.0. The van der Waals surface area contributed by atoms with Crippen molar-refractivity contribution in [2.75, 3.05) is 0 Å². The minimum Gasteiger partial charge on any atom is -0.287 e. The average Bonchev–Trinajstić information content (AvgIpc) is 3.05. The average molecular weight is 441 g/mol. The van der Waals surface area contributed by atoms with E-state index in [-0.39, 0.29) is 11.0 Å². The van der Waals surface area contributed by atoms with Gasteiger partial charge in [-0.3, -0.25) is 9.36 Å². The van der Waals surface area contributed by atoms with Crippen molar-refractivity contribution in [3.63, 3.8) is 0 Å². The fraction of sp³-hybridized carbons (Fsp3) is 0.520. The first-order chi connectivity index (χ1) is 14.2. The molecule has 1 aliphatic carbocycles. The highest BCUT2D eigenvalue weighted by Gasteiger charge is 2.22. The van der Waals surface area contributed by atoms with Gasteiger partial charge in [0.15, 0.2) is 5.16 Å². The number of benzene rings is 1. The number of fused-ring (bicyclic) bond motifs is 3. The van der Waals surface area contributed by atoms with Gasteiger partial charge in [0.25, 0.3) is 5.56 Å². The van der Waals surface area contributed by atoms with Crippen molar-refractivity contribution in [1.82, 2.24) is 9.55 Å². The summed E-state index contributed by atoms with van der Waals surface area (Å²) in [6.07, 6.45) is 4.54. The third-order valence-corrected chi connectivity index (χ3v) is 8.45. The standard InChI is InChI=1S/C25H32N2OS2/c1-7-27-23(28)21-18-10-8-9-11-20(18)30-22(21)26-24(27)29-14-19-15(2)12-17(13-16(19)3)25(4,5)6/h12-13H,7-11,14H2,1-6H3. The van der Waals surface area contributed by atoms with Crippen LogP contribution in [0.15, 0.2) is 22.1 Å². The Kier molecular flexibility index (Phi) is 5.88. The molecule has 0 radical (unpaired) electrons. The highest BCUT2D eigenvalue weighted by Crippen LogP contribution is 2.36. The van der Waals surface area contributed by atoms with Crippen LogP contribution >= 0.6 is 23.1 Å². The van der Waals surface area contributed by atoms with E-state index in [2.05, 4.69) is 46.8 Å². The quantitative estimate of drug-likeness (QED) is 0.340. The van der Waals surface area contributed by atoms with Crippen molar-refractivity contribution >= 4 is 33.3 Å². The van der Waals surface area contributed by atoms with Gasteiger partial charge in [-0.1, -0.05) is 44.7 Å². The minimum absolute atomic E-state index is 0.148. The summed E-state index contributed by atoms with van der Waals surface area (Å²) in [5.74, 6) is 0.838. The molecule has 0 bridgehead atoms. The van der Waals surface area contributed by atoms with Crippen molar-refractivity contribution in [1.29, 1.82) is 0 Å². The maximum absolute atomic E-state index is 13.3. The molecule has 1 aliphatic rings. The van der Waals surface area contributed by atoms with Crippen LogP contribution in [0, 0.1) is 13.8 Å². The van der Waals surface area contributed by atoms with Crippen molar-refractivity contribution in [3.8, 4) is 0 Å². The normalized spacial score (nSPS) is 14.3. The van der Waals surface area contributed by atoms with Gasteiger partial charge in [-0.25, -0.2) is 4.98 Å². The number of nitrogens with zero attached hydrogens (tertiary/aromatic N) is 2. The van der Waals surface area contributed by atoms with Crippen LogP contribution < -0.4 is 5.56 Å². The van der Waals surface area contributed by atoms with Gasteiger partial charge in [0.2, 0.25) is 0 Å². The fourth-order valence-corrected chi connectivity index (χ4v) is 6.96. The lowest BCUT2D eigenvalue weighted by Crippen LogP contribution is -2.23. The molecular weight excluding hydrogens is 408 g/mol. The number of aryl methyl sites for hydroxylation is 4. The third kappa shape index (κ3) is 3.87. The molecule has 3 nitrogen and oxygen atoms in total. The topological polar surface area (TPSA) is 34.9 Å². The fourth-order valence-electron chi connectivity index (χ4n) is 4.40. The first kappa shape index (κ1) is 21.6. The SMILES string of the molecule is CCn1c(SCc2c(C)cc(C(C)(C)C)cc2C)nc2sc3c(c2c1=O)CCCC3. The Bertz CT molecular complexity index is 1140. The molecule has 1 aromatic carbocycles. The summed E-state index contributed by atoms with van der Waals surface area (Å²) in [6.45, 7) is 13.9. The Morgan fingerprint density at radius 2 is 1.80 bits per heavy atom. The van der Waals surface area contributed by atoms with Gasteiger partial charge in [0, 0.05) is 17.2 Å². The molecule has 0 saturated carbocycles. The molecule has 0 atom stereocenters. The van der Waals surface area contributed by atoms with E-state index >= 15 is 0 Å². The largest absolute Gasteiger partial charge is 0.287 e. The van der Waals surface area contributed by atoms with Crippen LogP contribution in [0.3, 0.4) is 0 Å². The molecule has 0 aliphatic heterocycles. The van der Waals surface area contributed by atoms with Crippen molar-refractivity contribution in [2.24, 2.45) is 0 Å². The molecule has 0 fully saturated rings. The van der Waals surface area contributed by atoms with Gasteiger partial charge in [-0.05, 0) is 79.7 Å². The Labute approximate surface area is 187 Å². The minimum atomic E-state index is 0.148. The van der Waals surface area contributed by atoms with E-state index in [4.69, 9.17) is 4.98 Å². The van der Waals surface area contributed by atoms with Crippen LogP contribution in [0.2, 0.25) is 0 Å². The molecule has 0 saturated heterocycles. The van der Waals surface area contributed by atoms with E-state index in [0.717, 1.165) is 34.0 Å². The summed E-state index contributed by atoms with van der Waals surface area (Å²) >= 11 is 3.44. The predicted molar refractivity (Wildman–Crippen MR) is 130 cm³/mol. The number of thiophene rings is 1. The Morgan fingerprint density at radius 3 is 2.43 bits per heavy atom. The Hall–Kier alpha value is -1.59. The molecular formula is C25H32N2OS2. The second-order valence-corrected chi connectivity index (χ2v) is 11.5. The summed E-state index contributed by atoms with van der Waals surface area (Å²) in [6, 6.07) is 4.64. The predicted octanol–water partition coefficient (Wildman–Crippen LogP) is 6.56. The lowest BCUT2D eigenvalue weighted by Gasteiger charge is -2.22. The van der Waals surface area contributed by atoms with Crippen molar-refractivity contribution in [3.05, 3.63) is 55.2 Å². The highest BCUT2D eigenvalue weighted by molar-refractivity contribution is 7.98. The van der Waals surface area contributed by atoms with Crippen LogP contribution in [0.1, 0.15) is 73.2 Å². The lowest BCUT2D eigenvalue weighted by atomic mass is 9.84. The van der Waals surface area contributed by atoms with Crippen molar-refractivity contribution < 1.29 is 0 Å². The van der Waals surface area contributed by atoms with E-state index in [1.165, 1.54) is 45.5 Å². The van der Waals surface area contributed by atoms with E-state index in [1.54, 1.807) is 23.1 Å². The zero-order valence-corrected chi connectivity index (χ0v) is 20.6. The monoisotopic (exact) mass is 440 g/mol. The van der Waals surface area contributed by atoms with Crippen LogP contribution in [-0.4, -0.2) is 9.55 Å². The van der Waals surface area contributed by atoms with Gasteiger partial charge in [-0.2, -0.15) is 0 Å². The van der Waals surface area contributed by atoms with Crippen molar-refractivity contribution in [2.45, 2.75) is 90.1 Å².